The molecule has 0 saturated heterocycles. The Kier molecular flexibility index (Phi) is 7.10. The van der Waals surface area contributed by atoms with Crippen LogP contribution in [0.4, 0.5) is 4.39 Å². The predicted molar refractivity (Wildman–Crippen MR) is 105 cm³/mol. The van der Waals surface area contributed by atoms with E-state index in [-0.39, 0.29) is 30.0 Å². The number of thiazole rings is 1. The molecule has 144 valence electrons. The summed E-state index contributed by atoms with van der Waals surface area (Å²) in [6.45, 7) is 3.81. The Bertz CT molecular complexity index is 953. The summed E-state index contributed by atoms with van der Waals surface area (Å²) in [5.74, 6) is -0.873. The van der Waals surface area contributed by atoms with Crippen LogP contribution in [0.3, 0.4) is 0 Å². The molecule has 3 aromatic rings. The van der Waals surface area contributed by atoms with Crippen LogP contribution in [0.1, 0.15) is 60.3 Å². The van der Waals surface area contributed by atoms with Crippen LogP contribution >= 0.6 is 23.7 Å². The number of fused-ring (bicyclic) bond motifs is 1. The number of carbonyl (C=O) groups is 2. The number of hydrogen-bond acceptors (Lipinski definition) is 5. The minimum Gasteiger partial charge on any atom is -0.456 e. The van der Waals surface area contributed by atoms with E-state index in [4.69, 9.17) is 4.74 Å². The lowest BCUT2D eigenvalue weighted by Crippen LogP contribution is -2.11. The highest BCUT2D eigenvalue weighted by atomic mass is 35.5. The molecule has 1 atom stereocenters. The van der Waals surface area contributed by atoms with Crippen LogP contribution in [0.5, 0.6) is 0 Å². The molecule has 0 saturated carbocycles. The number of aromatic nitrogens is 2. The lowest BCUT2D eigenvalue weighted by Gasteiger charge is -2.13. The van der Waals surface area contributed by atoms with E-state index < -0.39 is 6.10 Å². The van der Waals surface area contributed by atoms with E-state index in [0.717, 1.165) is 6.42 Å². The van der Waals surface area contributed by atoms with Crippen LogP contribution in [0.25, 0.3) is 10.9 Å². The fourth-order valence-corrected chi connectivity index (χ4v) is 3.53. The number of benzene rings is 1. The van der Waals surface area contributed by atoms with E-state index in [0.29, 0.717) is 40.0 Å². The molecule has 2 heterocycles. The van der Waals surface area contributed by atoms with Crippen molar-refractivity contribution in [3.8, 4) is 0 Å². The number of nitrogens with zero attached hydrogens (tertiary/aromatic N) is 1. The smallest absolute Gasteiger partial charge is 0.306 e. The van der Waals surface area contributed by atoms with Gasteiger partial charge in [-0.1, -0.05) is 13.8 Å². The molecule has 0 fully saturated rings. The van der Waals surface area contributed by atoms with E-state index in [9.17, 15) is 14.0 Å². The van der Waals surface area contributed by atoms with E-state index in [1.165, 1.54) is 23.5 Å². The largest absolute Gasteiger partial charge is 0.456 e. The summed E-state index contributed by atoms with van der Waals surface area (Å²) in [5, 5.41) is 2.71. The van der Waals surface area contributed by atoms with Gasteiger partial charge in [-0.3, -0.25) is 9.59 Å². The van der Waals surface area contributed by atoms with Crippen LogP contribution in [0.15, 0.2) is 29.8 Å². The Balaban J connectivity index is 0.00000261. The molecule has 0 spiro atoms. The molecule has 0 unspecified atom stereocenters. The number of aromatic amines is 1. The van der Waals surface area contributed by atoms with Gasteiger partial charge in [-0.25, -0.2) is 9.37 Å². The first-order valence-electron chi connectivity index (χ1n) is 8.49. The maximum Gasteiger partial charge on any atom is 0.306 e. The van der Waals surface area contributed by atoms with Crippen molar-refractivity contribution >= 4 is 46.4 Å². The van der Waals surface area contributed by atoms with Crippen molar-refractivity contribution < 1.29 is 18.7 Å². The molecule has 0 aliphatic heterocycles. The molecule has 0 aliphatic carbocycles. The summed E-state index contributed by atoms with van der Waals surface area (Å²) in [5.41, 5.74) is 1.58. The molecule has 2 aromatic heterocycles. The number of ketones is 1. The number of ether oxygens (including phenoxy) is 1. The maximum absolute atomic E-state index is 13.3. The Morgan fingerprint density at radius 2 is 2.11 bits per heavy atom. The standard InChI is InChI=1S/C19H19FN2O3S.ClH/c1-3-5-17(23)25-16(4-2)15-10-26-19(22-15)18(24)13-9-21-14-8-11(20)6-7-12(13)14;/h6-10,16,21H,3-5H2,1-2H3;1H/t16-;/m0./s1. The van der Waals surface area contributed by atoms with Crippen molar-refractivity contribution in [1.29, 1.82) is 0 Å². The summed E-state index contributed by atoms with van der Waals surface area (Å²) < 4.78 is 18.7. The summed E-state index contributed by atoms with van der Waals surface area (Å²) in [6.07, 6.45) is 2.77. The number of nitrogens with one attached hydrogen (secondary N) is 1. The highest BCUT2D eigenvalue weighted by Crippen LogP contribution is 2.27. The van der Waals surface area contributed by atoms with Gasteiger partial charge in [0.1, 0.15) is 11.9 Å². The summed E-state index contributed by atoms with van der Waals surface area (Å²) >= 11 is 1.21. The number of hydrogen-bond donors (Lipinski definition) is 1. The number of esters is 1. The lowest BCUT2D eigenvalue weighted by atomic mass is 10.1. The fraction of sp³-hybridized carbons (Fsp3) is 0.316. The number of carbonyl (C=O) groups excluding carboxylic acids is 2. The van der Waals surface area contributed by atoms with Crippen molar-refractivity contribution in [2.45, 2.75) is 39.2 Å². The summed E-state index contributed by atoms with van der Waals surface area (Å²) in [4.78, 5) is 31.8. The molecular formula is C19H20ClFN2O3S. The molecular weight excluding hydrogens is 391 g/mol. The minimum atomic E-state index is -0.455. The Morgan fingerprint density at radius 1 is 1.33 bits per heavy atom. The lowest BCUT2D eigenvalue weighted by molar-refractivity contribution is -0.149. The maximum atomic E-state index is 13.3. The fourth-order valence-electron chi connectivity index (χ4n) is 2.71. The molecule has 8 heteroatoms. The molecule has 0 amide bonds. The van der Waals surface area contributed by atoms with Crippen molar-refractivity contribution in [2.75, 3.05) is 0 Å². The average molecular weight is 411 g/mol. The van der Waals surface area contributed by atoms with E-state index in [2.05, 4.69) is 9.97 Å². The van der Waals surface area contributed by atoms with Crippen LogP contribution in [0, 0.1) is 5.82 Å². The van der Waals surface area contributed by atoms with Gasteiger partial charge in [-0.2, -0.15) is 0 Å². The van der Waals surface area contributed by atoms with Crippen LogP contribution < -0.4 is 0 Å². The second-order valence-corrected chi connectivity index (χ2v) is 6.79. The van der Waals surface area contributed by atoms with Gasteiger partial charge >= 0.3 is 5.97 Å². The highest BCUT2D eigenvalue weighted by molar-refractivity contribution is 7.12. The Hall–Kier alpha value is -2.25. The number of rotatable bonds is 7. The molecule has 0 radical (unpaired) electrons. The topological polar surface area (TPSA) is 72.1 Å². The zero-order chi connectivity index (χ0) is 18.7. The quantitative estimate of drug-likeness (QED) is 0.428. The Labute approximate surface area is 166 Å². The molecule has 0 bridgehead atoms. The summed E-state index contributed by atoms with van der Waals surface area (Å²) in [7, 11) is 0. The van der Waals surface area contributed by atoms with E-state index >= 15 is 0 Å². The van der Waals surface area contributed by atoms with Gasteiger partial charge < -0.3 is 9.72 Å². The van der Waals surface area contributed by atoms with Gasteiger partial charge in [-0.05, 0) is 31.0 Å². The summed E-state index contributed by atoms with van der Waals surface area (Å²) in [6, 6.07) is 4.24. The average Bonchev–Trinajstić information content (AvgIpc) is 3.26. The van der Waals surface area contributed by atoms with E-state index in [1.54, 1.807) is 17.6 Å². The second kappa shape index (κ2) is 9.10. The third kappa shape index (κ3) is 4.54. The zero-order valence-electron chi connectivity index (χ0n) is 15.0. The number of H-pyrrole nitrogens is 1. The minimum absolute atomic E-state index is 0. The third-order valence-corrected chi connectivity index (χ3v) is 4.89. The van der Waals surface area contributed by atoms with Crippen molar-refractivity contribution in [3.63, 3.8) is 0 Å². The molecule has 27 heavy (non-hydrogen) atoms. The third-order valence-electron chi connectivity index (χ3n) is 4.03. The SMILES string of the molecule is CCCC(=O)O[C@@H](CC)c1csc(C(=O)c2c[nH]c3cc(F)ccc23)n1.Cl. The van der Waals surface area contributed by atoms with E-state index in [1.807, 2.05) is 13.8 Å². The predicted octanol–water partition coefficient (Wildman–Crippen LogP) is 5.21. The Morgan fingerprint density at radius 3 is 2.81 bits per heavy atom. The first-order valence-corrected chi connectivity index (χ1v) is 9.37. The monoisotopic (exact) mass is 410 g/mol. The number of halogens is 2. The van der Waals surface area contributed by atoms with Gasteiger partial charge in [0.25, 0.3) is 0 Å². The normalized spacial score (nSPS) is 11.8. The van der Waals surface area contributed by atoms with Crippen molar-refractivity contribution in [1.82, 2.24) is 9.97 Å². The van der Waals surface area contributed by atoms with Gasteiger partial charge in [0.05, 0.1) is 11.3 Å². The van der Waals surface area contributed by atoms with Gasteiger partial charge in [0, 0.05) is 28.9 Å². The first-order chi connectivity index (χ1) is 12.5. The molecule has 1 aromatic carbocycles. The molecule has 5 nitrogen and oxygen atoms in total. The second-order valence-electron chi connectivity index (χ2n) is 5.94. The van der Waals surface area contributed by atoms with Crippen molar-refractivity contribution in [3.05, 3.63) is 51.9 Å². The zero-order valence-corrected chi connectivity index (χ0v) is 16.6. The highest BCUT2D eigenvalue weighted by Gasteiger charge is 2.22. The van der Waals surface area contributed by atoms with Gasteiger partial charge in [0.15, 0.2) is 5.01 Å². The van der Waals surface area contributed by atoms with Crippen LogP contribution in [-0.2, 0) is 9.53 Å². The molecule has 0 aliphatic rings. The van der Waals surface area contributed by atoms with Crippen LogP contribution in [-0.4, -0.2) is 21.7 Å². The molecule has 3 rings (SSSR count). The van der Waals surface area contributed by atoms with Crippen LogP contribution in [0.2, 0.25) is 0 Å². The molecule has 1 N–H and O–H groups in total. The van der Waals surface area contributed by atoms with Gasteiger partial charge in [-0.15, -0.1) is 23.7 Å². The van der Waals surface area contributed by atoms with Crippen molar-refractivity contribution in [2.24, 2.45) is 0 Å². The first kappa shape index (κ1) is 21.1. The van der Waals surface area contributed by atoms with Gasteiger partial charge in [0.2, 0.25) is 5.78 Å².